The Hall–Kier alpha value is -0.770. The lowest BCUT2D eigenvalue weighted by atomic mass is 9.98. The van der Waals surface area contributed by atoms with E-state index in [2.05, 4.69) is 0 Å². The lowest BCUT2D eigenvalue weighted by Crippen LogP contribution is -2.30. The molecule has 0 aliphatic rings. The molecule has 0 saturated heterocycles. The van der Waals surface area contributed by atoms with Gasteiger partial charge in [0.1, 0.15) is 5.75 Å². The average Bonchev–Trinajstić information content (AvgIpc) is 2.20. The van der Waals surface area contributed by atoms with E-state index in [9.17, 15) is 9.90 Å². The Bertz CT molecular complexity index is 462. The van der Waals surface area contributed by atoms with Crippen molar-refractivity contribution in [3.63, 3.8) is 0 Å². The minimum Gasteiger partial charge on any atom is -0.479 e. The van der Waals surface area contributed by atoms with E-state index in [1.54, 1.807) is 33.8 Å². The van der Waals surface area contributed by atoms with Gasteiger partial charge in [0.15, 0.2) is 11.9 Å². The van der Waals surface area contributed by atoms with E-state index in [4.69, 9.17) is 27.9 Å². The molecule has 0 fully saturated rings. The number of carbonyl (C=O) groups excluding carboxylic acids is 1. The van der Waals surface area contributed by atoms with Gasteiger partial charge < -0.3 is 9.84 Å². The van der Waals surface area contributed by atoms with Gasteiger partial charge in [-0.2, -0.15) is 0 Å². The standard InChI is InChI=1S/C13H16Cl2O3/c1-12(2,7-16)18-11-5-8(13(3,4)17)9(14)6-10(11)15/h5-7,17H,1-4H3. The molecule has 0 aromatic heterocycles. The van der Waals surface area contributed by atoms with Crippen LogP contribution in [0.5, 0.6) is 5.75 Å². The molecule has 0 spiro atoms. The Labute approximate surface area is 117 Å². The summed E-state index contributed by atoms with van der Waals surface area (Å²) in [5.74, 6) is 0.315. The first-order chi connectivity index (χ1) is 8.07. The number of halogens is 2. The van der Waals surface area contributed by atoms with E-state index in [-0.39, 0.29) is 0 Å². The van der Waals surface area contributed by atoms with Gasteiger partial charge in [-0.05, 0) is 39.8 Å². The van der Waals surface area contributed by atoms with E-state index >= 15 is 0 Å². The molecule has 1 aromatic carbocycles. The highest BCUT2D eigenvalue weighted by molar-refractivity contribution is 6.36. The maximum atomic E-state index is 10.8. The Kier molecular flexibility index (Phi) is 4.31. The number of hydrogen-bond acceptors (Lipinski definition) is 3. The first kappa shape index (κ1) is 15.3. The van der Waals surface area contributed by atoms with E-state index in [1.165, 1.54) is 6.07 Å². The monoisotopic (exact) mass is 290 g/mol. The zero-order valence-electron chi connectivity index (χ0n) is 10.8. The molecule has 0 atom stereocenters. The van der Waals surface area contributed by atoms with E-state index in [1.807, 2.05) is 0 Å². The van der Waals surface area contributed by atoms with Crippen LogP contribution in [0.1, 0.15) is 33.3 Å². The molecular weight excluding hydrogens is 275 g/mol. The van der Waals surface area contributed by atoms with Crippen molar-refractivity contribution in [2.75, 3.05) is 0 Å². The molecule has 18 heavy (non-hydrogen) atoms. The van der Waals surface area contributed by atoms with Crippen molar-refractivity contribution in [3.8, 4) is 5.75 Å². The third-order valence-corrected chi connectivity index (χ3v) is 2.95. The second-order valence-corrected chi connectivity index (χ2v) is 5.96. The molecule has 1 N–H and O–H groups in total. The number of aliphatic hydroxyl groups is 1. The van der Waals surface area contributed by atoms with Crippen molar-refractivity contribution in [2.24, 2.45) is 0 Å². The molecule has 0 amide bonds. The third-order valence-electron chi connectivity index (χ3n) is 2.34. The topological polar surface area (TPSA) is 46.5 Å². The number of aldehydes is 1. The molecule has 5 heteroatoms. The lowest BCUT2D eigenvalue weighted by molar-refractivity contribution is -0.118. The largest absolute Gasteiger partial charge is 0.479 e. The fraction of sp³-hybridized carbons (Fsp3) is 0.462. The van der Waals surface area contributed by atoms with Crippen molar-refractivity contribution < 1.29 is 14.6 Å². The van der Waals surface area contributed by atoms with Gasteiger partial charge in [0.2, 0.25) is 0 Å². The highest BCUT2D eigenvalue weighted by Crippen LogP contribution is 2.37. The predicted octanol–water partition coefficient (Wildman–Crippen LogP) is 3.58. The van der Waals surface area contributed by atoms with E-state index in [0.29, 0.717) is 27.6 Å². The zero-order valence-corrected chi connectivity index (χ0v) is 12.3. The van der Waals surface area contributed by atoms with Gasteiger partial charge in [0, 0.05) is 10.6 Å². The third kappa shape index (κ3) is 3.61. The van der Waals surface area contributed by atoms with Crippen LogP contribution in [0, 0.1) is 0 Å². The molecule has 0 aliphatic carbocycles. The quantitative estimate of drug-likeness (QED) is 0.862. The van der Waals surface area contributed by atoms with Gasteiger partial charge in [0.25, 0.3) is 0 Å². The predicted molar refractivity (Wildman–Crippen MR) is 72.5 cm³/mol. The van der Waals surface area contributed by atoms with Crippen LogP contribution in [0.2, 0.25) is 10.0 Å². The highest BCUT2D eigenvalue weighted by Gasteiger charge is 2.25. The maximum absolute atomic E-state index is 10.8. The van der Waals surface area contributed by atoms with Gasteiger partial charge in [0.05, 0.1) is 10.6 Å². The lowest BCUT2D eigenvalue weighted by Gasteiger charge is -2.24. The van der Waals surface area contributed by atoms with Gasteiger partial charge in [-0.1, -0.05) is 23.2 Å². The van der Waals surface area contributed by atoms with Crippen LogP contribution < -0.4 is 4.74 Å². The number of benzene rings is 1. The van der Waals surface area contributed by atoms with E-state index < -0.39 is 11.2 Å². The molecule has 3 nitrogen and oxygen atoms in total. The summed E-state index contributed by atoms with van der Waals surface area (Å²) in [6.45, 7) is 6.46. The fourth-order valence-electron chi connectivity index (χ4n) is 1.38. The second-order valence-electron chi connectivity index (χ2n) is 5.14. The molecule has 100 valence electrons. The van der Waals surface area contributed by atoms with Crippen LogP contribution in [0.4, 0.5) is 0 Å². The average molecular weight is 291 g/mol. The number of rotatable bonds is 4. The first-order valence-corrected chi connectivity index (χ1v) is 6.19. The van der Waals surface area contributed by atoms with Crippen LogP contribution in [0.25, 0.3) is 0 Å². The second kappa shape index (κ2) is 5.08. The Morgan fingerprint density at radius 3 is 2.17 bits per heavy atom. The normalized spacial score (nSPS) is 12.4. The summed E-state index contributed by atoms with van der Waals surface area (Å²) in [6, 6.07) is 3.04. The van der Waals surface area contributed by atoms with Crippen LogP contribution in [-0.4, -0.2) is 17.0 Å². The first-order valence-electron chi connectivity index (χ1n) is 5.44. The Morgan fingerprint density at radius 1 is 1.17 bits per heavy atom. The highest BCUT2D eigenvalue weighted by atomic mass is 35.5. The van der Waals surface area contributed by atoms with Gasteiger partial charge in [-0.3, -0.25) is 4.79 Å². The molecule has 1 rings (SSSR count). The summed E-state index contributed by atoms with van der Waals surface area (Å²) in [5, 5.41) is 10.6. The van der Waals surface area contributed by atoms with Crippen molar-refractivity contribution in [1.82, 2.24) is 0 Å². The van der Waals surface area contributed by atoms with Crippen molar-refractivity contribution in [1.29, 1.82) is 0 Å². The molecule has 1 aromatic rings. The smallest absolute Gasteiger partial charge is 0.162 e. The van der Waals surface area contributed by atoms with Crippen LogP contribution in [-0.2, 0) is 10.4 Å². The number of hydrogen-bond donors (Lipinski definition) is 1. The zero-order chi connectivity index (χ0) is 14.1. The summed E-state index contributed by atoms with van der Waals surface area (Å²) in [4.78, 5) is 10.8. The van der Waals surface area contributed by atoms with E-state index in [0.717, 1.165) is 0 Å². The number of carbonyl (C=O) groups is 1. The summed E-state index contributed by atoms with van der Waals surface area (Å²) in [6.07, 6.45) is 0.682. The van der Waals surface area contributed by atoms with Crippen molar-refractivity contribution in [3.05, 3.63) is 27.7 Å². The summed E-state index contributed by atoms with van der Waals surface area (Å²) in [5.41, 5.74) is -1.62. The van der Waals surface area contributed by atoms with Crippen molar-refractivity contribution in [2.45, 2.75) is 38.9 Å². The van der Waals surface area contributed by atoms with Gasteiger partial charge in [-0.25, -0.2) is 0 Å². The summed E-state index contributed by atoms with van der Waals surface area (Å²) >= 11 is 12.0. The molecule has 0 saturated carbocycles. The maximum Gasteiger partial charge on any atom is 0.162 e. The fourth-order valence-corrected chi connectivity index (χ4v) is 2.04. The molecule has 0 radical (unpaired) electrons. The van der Waals surface area contributed by atoms with Crippen LogP contribution in [0.3, 0.4) is 0 Å². The Balaban J connectivity index is 3.26. The molecule has 0 heterocycles. The summed E-state index contributed by atoms with van der Waals surface area (Å²) < 4.78 is 5.50. The molecule has 0 unspecified atom stereocenters. The van der Waals surface area contributed by atoms with Crippen LogP contribution >= 0.6 is 23.2 Å². The van der Waals surface area contributed by atoms with Gasteiger partial charge >= 0.3 is 0 Å². The van der Waals surface area contributed by atoms with Crippen LogP contribution in [0.15, 0.2) is 12.1 Å². The Morgan fingerprint density at radius 2 is 1.72 bits per heavy atom. The molecule has 0 bridgehead atoms. The molecule has 0 aliphatic heterocycles. The van der Waals surface area contributed by atoms with Crippen molar-refractivity contribution >= 4 is 29.5 Å². The summed E-state index contributed by atoms with van der Waals surface area (Å²) in [7, 11) is 0. The minimum absolute atomic E-state index is 0.294. The SMILES string of the molecule is CC(C)(C=O)Oc1cc(C(C)(C)O)c(Cl)cc1Cl. The molecular formula is C13H16Cl2O3. The number of ether oxygens (including phenoxy) is 1. The minimum atomic E-state index is -1.12. The van der Waals surface area contributed by atoms with Gasteiger partial charge in [-0.15, -0.1) is 0 Å².